The highest BCUT2D eigenvalue weighted by Gasteiger charge is 2.24. The minimum atomic E-state index is -0.0956. The first-order chi connectivity index (χ1) is 8.38. The molecular formula is C14H18BrN3. The highest BCUT2D eigenvalue weighted by Crippen LogP contribution is 2.30. The number of nitrogens with two attached hydrogens (primary N) is 1. The van der Waals surface area contributed by atoms with E-state index >= 15 is 0 Å². The van der Waals surface area contributed by atoms with Crippen LogP contribution >= 0.6 is 15.9 Å². The van der Waals surface area contributed by atoms with Crippen LogP contribution in [0.25, 0.3) is 11.3 Å². The zero-order valence-corrected chi connectivity index (χ0v) is 12.5. The predicted molar refractivity (Wildman–Crippen MR) is 78.1 cm³/mol. The molecule has 18 heavy (non-hydrogen) atoms. The standard InChI is InChI=1S/C14H18BrN3/c1-14(2,3)12(16)13-17-8-11(18-13)9-4-6-10(15)7-5-9/h4-8,12H,16H2,1-3H3,(H,17,18). The van der Waals surface area contributed by atoms with Crippen molar-refractivity contribution in [2.75, 3.05) is 0 Å². The molecule has 0 fully saturated rings. The van der Waals surface area contributed by atoms with Gasteiger partial charge in [-0.15, -0.1) is 0 Å². The summed E-state index contributed by atoms with van der Waals surface area (Å²) in [5.41, 5.74) is 8.29. The summed E-state index contributed by atoms with van der Waals surface area (Å²) in [6.45, 7) is 6.33. The number of nitrogens with one attached hydrogen (secondary N) is 1. The zero-order chi connectivity index (χ0) is 13.3. The Morgan fingerprint density at radius 3 is 2.39 bits per heavy atom. The summed E-state index contributed by atoms with van der Waals surface area (Å²) in [7, 11) is 0. The minimum Gasteiger partial charge on any atom is -0.341 e. The lowest BCUT2D eigenvalue weighted by Crippen LogP contribution is -2.27. The van der Waals surface area contributed by atoms with Gasteiger partial charge in [0.2, 0.25) is 0 Å². The number of benzene rings is 1. The van der Waals surface area contributed by atoms with Crippen molar-refractivity contribution in [3.8, 4) is 11.3 Å². The van der Waals surface area contributed by atoms with Gasteiger partial charge in [-0.05, 0) is 23.1 Å². The fourth-order valence-electron chi connectivity index (χ4n) is 1.68. The molecule has 2 rings (SSSR count). The second-order valence-electron chi connectivity index (χ2n) is 5.53. The van der Waals surface area contributed by atoms with Crippen molar-refractivity contribution in [3.63, 3.8) is 0 Å². The number of hydrogen-bond donors (Lipinski definition) is 2. The molecule has 1 unspecified atom stereocenters. The highest BCUT2D eigenvalue weighted by atomic mass is 79.9. The molecule has 0 aliphatic heterocycles. The van der Waals surface area contributed by atoms with Gasteiger partial charge in [0.15, 0.2) is 0 Å². The maximum atomic E-state index is 6.19. The van der Waals surface area contributed by atoms with E-state index in [0.29, 0.717) is 0 Å². The van der Waals surface area contributed by atoms with Crippen LogP contribution in [-0.4, -0.2) is 9.97 Å². The fourth-order valence-corrected chi connectivity index (χ4v) is 1.95. The molecule has 96 valence electrons. The zero-order valence-electron chi connectivity index (χ0n) is 10.9. The largest absolute Gasteiger partial charge is 0.341 e. The van der Waals surface area contributed by atoms with Crippen LogP contribution in [0.4, 0.5) is 0 Å². The maximum absolute atomic E-state index is 6.19. The van der Waals surface area contributed by atoms with Gasteiger partial charge in [-0.25, -0.2) is 4.98 Å². The van der Waals surface area contributed by atoms with E-state index in [1.165, 1.54) is 0 Å². The van der Waals surface area contributed by atoms with E-state index in [-0.39, 0.29) is 11.5 Å². The lowest BCUT2D eigenvalue weighted by atomic mass is 9.87. The van der Waals surface area contributed by atoms with Crippen molar-refractivity contribution < 1.29 is 0 Å². The third kappa shape index (κ3) is 2.82. The smallest absolute Gasteiger partial charge is 0.124 e. The average molecular weight is 308 g/mol. The van der Waals surface area contributed by atoms with Crippen LogP contribution in [0.1, 0.15) is 32.6 Å². The first-order valence-corrected chi connectivity index (χ1v) is 6.73. The van der Waals surface area contributed by atoms with Crippen molar-refractivity contribution >= 4 is 15.9 Å². The van der Waals surface area contributed by atoms with Gasteiger partial charge < -0.3 is 10.7 Å². The van der Waals surface area contributed by atoms with Gasteiger partial charge in [0, 0.05) is 4.47 Å². The molecule has 3 N–H and O–H groups in total. The molecule has 0 radical (unpaired) electrons. The fraction of sp³-hybridized carbons (Fsp3) is 0.357. The Morgan fingerprint density at radius 2 is 1.83 bits per heavy atom. The molecule has 3 nitrogen and oxygen atoms in total. The van der Waals surface area contributed by atoms with E-state index < -0.39 is 0 Å². The van der Waals surface area contributed by atoms with E-state index in [9.17, 15) is 0 Å². The Labute approximate surface area is 116 Å². The molecule has 0 spiro atoms. The van der Waals surface area contributed by atoms with E-state index in [0.717, 1.165) is 21.6 Å². The second kappa shape index (κ2) is 4.86. The SMILES string of the molecule is CC(C)(C)C(N)c1ncc(-c2ccc(Br)cc2)[nH]1. The van der Waals surface area contributed by atoms with E-state index in [4.69, 9.17) is 5.73 Å². The molecular weight excluding hydrogens is 290 g/mol. The Hall–Kier alpha value is -1.13. The van der Waals surface area contributed by atoms with Gasteiger partial charge in [0.25, 0.3) is 0 Å². The number of aromatic nitrogens is 2. The number of nitrogens with zero attached hydrogens (tertiary/aromatic N) is 1. The number of rotatable bonds is 2. The molecule has 1 aromatic heterocycles. The normalized spacial score (nSPS) is 13.6. The molecule has 0 saturated carbocycles. The van der Waals surface area contributed by atoms with Crippen LogP contribution in [0.3, 0.4) is 0 Å². The molecule has 0 aliphatic rings. The first-order valence-electron chi connectivity index (χ1n) is 5.94. The maximum Gasteiger partial charge on any atom is 0.124 e. The van der Waals surface area contributed by atoms with Crippen LogP contribution in [0.2, 0.25) is 0 Å². The quantitative estimate of drug-likeness (QED) is 0.884. The predicted octanol–water partition coefficient (Wildman–Crippen LogP) is 3.89. The number of aromatic amines is 1. The monoisotopic (exact) mass is 307 g/mol. The Balaban J connectivity index is 2.28. The second-order valence-corrected chi connectivity index (χ2v) is 6.45. The third-order valence-corrected chi connectivity index (χ3v) is 3.51. The molecule has 1 heterocycles. The van der Waals surface area contributed by atoms with Crippen LogP contribution in [-0.2, 0) is 0 Å². The van der Waals surface area contributed by atoms with Gasteiger partial charge in [-0.3, -0.25) is 0 Å². The average Bonchev–Trinajstić information content (AvgIpc) is 2.77. The van der Waals surface area contributed by atoms with Crippen LogP contribution in [0, 0.1) is 5.41 Å². The van der Waals surface area contributed by atoms with Crippen molar-refractivity contribution in [1.29, 1.82) is 0 Å². The van der Waals surface area contributed by atoms with Gasteiger partial charge in [0.05, 0.1) is 17.9 Å². The molecule has 1 atom stereocenters. The van der Waals surface area contributed by atoms with Crippen molar-refractivity contribution in [1.82, 2.24) is 9.97 Å². The summed E-state index contributed by atoms with van der Waals surface area (Å²) in [5.74, 6) is 0.834. The van der Waals surface area contributed by atoms with Crippen molar-refractivity contribution in [2.45, 2.75) is 26.8 Å². The number of halogens is 1. The first kappa shape index (κ1) is 13.3. The van der Waals surface area contributed by atoms with Crippen LogP contribution in [0.5, 0.6) is 0 Å². The van der Waals surface area contributed by atoms with Crippen molar-refractivity contribution in [2.24, 2.45) is 11.1 Å². The molecule has 0 aliphatic carbocycles. The Kier molecular flexibility index (Phi) is 3.59. The van der Waals surface area contributed by atoms with Gasteiger partial charge >= 0.3 is 0 Å². The molecule has 0 saturated heterocycles. The summed E-state index contributed by atoms with van der Waals surface area (Å²) in [4.78, 5) is 7.69. The minimum absolute atomic E-state index is 0.00512. The highest BCUT2D eigenvalue weighted by molar-refractivity contribution is 9.10. The van der Waals surface area contributed by atoms with Crippen molar-refractivity contribution in [3.05, 3.63) is 40.8 Å². The van der Waals surface area contributed by atoms with Gasteiger partial charge in [0.1, 0.15) is 5.82 Å². The Bertz CT molecular complexity index is 523. The lowest BCUT2D eigenvalue weighted by Gasteiger charge is -2.24. The molecule has 0 amide bonds. The van der Waals surface area contributed by atoms with Gasteiger partial charge in [-0.1, -0.05) is 48.8 Å². The third-order valence-electron chi connectivity index (χ3n) is 2.98. The number of imidazole rings is 1. The Morgan fingerprint density at radius 1 is 1.22 bits per heavy atom. The summed E-state index contributed by atoms with van der Waals surface area (Å²) in [6, 6.07) is 8.02. The molecule has 4 heteroatoms. The number of hydrogen-bond acceptors (Lipinski definition) is 2. The van der Waals surface area contributed by atoms with Crippen LogP contribution < -0.4 is 5.73 Å². The summed E-state index contributed by atoms with van der Waals surface area (Å²) in [5, 5.41) is 0. The molecule has 1 aromatic carbocycles. The summed E-state index contributed by atoms with van der Waals surface area (Å²) >= 11 is 3.43. The van der Waals surface area contributed by atoms with E-state index in [1.807, 2.05) is 30.5 Å². The topological polar surface area (TPSA) is 54.7 Å². The molecule has 0 bridgehead atoms. The molecule has 2 aromatic rings. The van der Waals surface area contributed by atoms with Gasteiger partial charge in [-0.2, -0.15) is 0 Å². The summed E-state index contributed by atoms with van der Waals surface area (Å²) < 4.78 is 1.07. The van der Waals surface area contributed by atoms with Crippen LogP contribution in [0.15, 0.2) is 34.9 Å². The number of H-pyrrole nitrogens is 1. The van der Waals surface area contributed by atoms with E-state index in [2.05, 4.69) is 46.7 Å². The lowest BCUT2D eigenvalue weighted by molar-refractivity contribution is 0.317. The van der Waals surface area contributed by atoms with E-state index in [1.54, 1.807) is 0 Å². The summed E-state index contributed by atoms with van der Waals surface area (Å²) in [6.07, 6.45) is 1.84.